The molecule has 1 saturated heterocycles. The van der Waals surface area contributed by atoms with Crippen LogP contribution in [0.2, 0.25) is 0 Å². The Balaban J connectivity index is 2.50. The number of hydrogen-bond acceptors (Lipinski definition) is 4. The quantitative estimate of drug-likeness (QED) is 0.684. The summed E-state index contributed by atoms with van der Waals surface area (Å²) in [5.74, 6) is 1.85. The summed E-state index contributed by atoms with van der Waals surface area (Å²) in [4.78, 5) is 13.5. The molecule has 0 bridgehead atoms. The third kappa shape index (κ3) is 4.75. The number of nitrogens with two attached hydrogens (primary N) is 1. The summed E-state index contributed by atoms with van der Waals surface area (Å²) in [6, 6.07) is 0.0602. The van der Waals surface area contributed by atoms with E-state index in [0.717, 1.165) is 18.1 Å². The molecule has 0 aliphatic carbocycles. The fourth-order valence-electron chi connectivity index (χ4n) is 1.33. The van der Waals surface area contributed by atoms with Gasteiger partial charge in [-0.3, -0.25) is 0 Å². The van der Waals surface area contributed by atoms with Crippen LogP contribution in [0.15, 0.2) is 0 Å². The van der Waals surface area contributed by atoms with Gasteiger partial charge in [0.05, 0.1) is 0 Å². The maximum absolute atomic E-state index is 11.8. The summed E-state index contributed by atoms with van der Waals surface area (Å²) < 4.78 is 5.30. The maximum Gasteiger partial charge on any atom is 0.410 e. The van der Waals surface area contributed by atoms with Gasteiger partial charge in [0, 0.05) is 30.6 Å². The van der Waals surface area contributed by atoms with Crippen molar-refractivity contribution in [3.05, 3.63) is 0 Å². The minimum absolute atomic E-state index is 0.0602. The number of thioether (sulfide) groups is 1. The van der Waals surface area contributed by atoms with Crippen LogP contribution in [0.5, 0.6) is 0 Å². The van der Waals surface area contributed by atoms with Crippen molar-refractivity contribution in [3.8, 4) is 0 Å². The molecule has 1 rings (SSSR count). The monoisotopic (exact) mass is 232 g/mol. The molecule has 1 amide bonds. The van der Waals surface area contributed by atoms with Gasteiger partial charge in [0.15, 0.2) is 0 Å². The van der Waals surface area contributed by atoms with E-state index in [-0.39, 0.29) is 12.1 Å². The van der Waals surface area contributed by atoms with Crippen LogP contribution in [0, 0.1) is 0 Å². The van der Waals surface area contributed by atoms with Crippen LogP contribution in [0.3, 0.4) is 0 Å². The van der Waals surface area contributed by atoms with E-state index in [2.05, 4.69) is 0 Å². The number of nitrogens with zero attached hydrogens (tertiary/aromatic N) is 1. The Bertz CT molecular complexity index is 228. The fourth-order valence-corrected chi connectivity index (χ4v) is 2.25. The molecule has 0 saturated carbocycles. The van der Waals surface area contributed by atoms with Crippen LogP contribution in [0.1, 0.15) is 20.8 Å². The van der Waals surface area contributed by atoms with Crippen molar-refractivity contribution in [1.82, 2.24) is 4.90 Å². The van der Waals surface area contributed by atoms with Gasteiger partial charge in [0.2, 0.25) is 0 Å². The van der Waals surface area contributed by atoms with E-state index < -0.39 is 5.60 Å². The van der Waals surface area contributed by atoms with Crippen molar-refractivity contribution < 1.29 is 9.53 Å². The Morgan fingerprint density at radius 1 is 1.53 bits per heavy atom. The molecule has 0 aromatic rings. The van der Waals surface area contributed by atoms with E-state index in [0.29, 0.717) is 6.54 Å². The third-order valence-electron chi connectivity index (χ3n) is 1.94. The van der Waals surface area contributed by atoms with Gasteiger partial charge < -0.3 is 15.4 Å². The first-order chi connectivity index (χ1) is 6.88. The molecule has 5 heteroatoms. The molecule has 88 valence electrons. The average Bonchev–Trinajstić information content (AvgIpc) is 2.26. The zero-order valence-electron chi connectivity index (χ0n) is 9.66. The summed E-state index contributed by atoms with van der Waals surface area (Å²) >= 11 is 1.79. The molecule has 1 atom stereocenters. The van der Waals surface area contributed by atoms with E-state index in [1.165, 1.54) is 0 Å². The van der Waals surface area contributed by atoms with Crippen LogP contribution in [-0.4, -0.2) is 47.2 Å². The summed E-state index contributed by atoms with van der Waals surface area (Å²) in [6.45, 7) is 6.95. The zero-order valence-corrected chi connectivity index (χ0v) is 10.5. The number of carbonyl (C=O) groups is 1. The number of ether oxygens (including phenoxy) is 1. The molecule has 0 spiro atoms. The van der Waals surface area contributed by atoms with E-state index in [9.17, 15) is 4.79 Å². The first-order valence-electron chi connectivity index (χ1n) is 5.20. The zero-order chi connectivity index (χ0) is 11.5. The molecule has 1 heterocycles. The molecule has 1 aliphatic rings. The molecule has 1 fully saturated rings. The summed E-state index contributed by atoms with van der Waals surface area (Å²) in [7, 11) is 0. The van der Waals surface area contributed by atoms with Crippen LogP contribution >= 0.6 is 11.8 Å². The summed E-state index contributed by atoms with van der Waals surface area (Å²) in [6.07, 6.45) is -0.250. The van der Waals surface area contributed by atoms with Crippen LogP contribution in [-0.2, 0) is 4.74 Å². The van der Waals surface area contributed by atoms with Crippen LogP contribution < -0.4 is 5.73 Å². The number of carbonyl (C=O) groups excluding carboxylic acids is 1. The highest BCUT2D eigenvalue weighted by Crippen LogP contribution is 2.14. The largest absolute Gasteiger partial charge is 0.444 e. The normalized spacial score (nSPS) is 23.5. The maximum atomic E-state index is 11.8. The fraction of sp³-hybridized carbons (Fsp3) is 0.900. The second-order valence-corrected chi connectivity index (χ2v) is 5.91. The first kappa shape index (κ1) is 12.6. The molecule has 1 unspecified atom stereocenters. The van der Waals surface area contributed by atoms with Gasteiger partial charge in [-0.2, -0.15) is 11.8 Å². The minimum Gasteiger partial charge on any atom is -0.444 e. The van der Waals surface area contributed by atoms with Gasteiger partial charge in [0.1, 0.15) is 5.60 Å². The molecule has 0 radical (unpaired) electrons. The molecular weight excluding hydrogens is 212 g/mol. The molecule has 2 N–H and O–H groups in total. The number of rotatable bonds is 0. The van der Waals surface area contributed by atoms with Crippen molar-refractivity contribution in [2.24, 2.45) is 5.73 Å². The third-order valence-corrected chi connectivity index (χ3v) is 3.08. The lowest BCUT2D eigenvalue weighted by Gasteiger charge is -2.27. The predicted octanol–water partition coefficient (Wildman–Crippen LogP) is 1.30. The highest BCUT2D eigenvalue weighted by molar-refractivity contribution is 7.99. The van der Waals surface area contributed by atoms with E-state index in [4.69, 9.17) is 10.5 Å². The van der Waals surface area contributed by atoms with E-state index >= 15 is 0 Å². The number of amides is 1. The van der Waals surface area contributed by atoms with Gasteiger partial charge in [0.25, 0.3) is 0 Å². The van der Waals surface area contributed by atoms with Gasteiger partial charge in [-0.05, 0) is 20.8 Å². The van der Waals surface area contributed by atoms with Gasteiger partial charge in [-0.25, -0.2) is 4.79 Å². The Hall–Kier alpha value is -0.420. The smallest absolute Gasteiger partial charge is 0.410 e. The highest BCUT2D eigenvalue weighted by Gasteiger charge is 2.24. The first-order valence-corrected chi connectivity index (χ1v) is 6.35. The summed E-state index contributed by atoms with van der Waals surface area (Å²) in [5.41, 5.74) is 5.43. The SMILES string of the molecule is CC(C)(C)OC(=O)N1CCSCC(N)C1. The van der Waals surface area contributed by atoms with Crippen LogP contribution in [0.4, 0.5) is 4.79 Å². The molecule has 15 heavy (non-hydrogen) atoms. The van der Waals surface area contributed by atoms with Crippen molar-refractivity contribution in [1.29, 1.82) is 0 Å². The van der Waals surface area contributed by atoms with Crippen molar-refractivity contribution in [3.63, 3.8) is 0 Å². The van der Waals surface area contributed by atoms with Crippen LogP contribution in [0.25, 0.3) is 0 Å². The number of hydrogen-bond donors (Lipinski definition) is 1. The molecule has 0 aromatic carbocycles. The Labute approximate surface area is 95.5 Å². The Morgan fingerprint density at radius 3 is 2.80 bits per heavy atom. The minimum atomic E-state index is -0.430. The molecular formula is C10H20N2O2S. The molecule has 0 aromatic heterocycles. The van der Waals surface area contributed by atoms with E-state index in [1.807, 2.05) is 20.8 Å². The van der Waals surface area contributed by atoms with Gasteiger partial charge >= 0.3 is 6.09 Å². The lowest BCUT2D eigenvalue weighted by atomic mass is 10.2. The lowest BCUT2D eigenvalue weighted by molar-refractivity contribution is 0.0257. The van der Waals surface area contributed by atoms with Crippen molar-refractivity contribution >= 4 is 17.9 Å². The van der Waals surface area contributed by atoms with Crippen molar-refractivity contribution in [2.75, 3.05) is 24.6 Å². The molecule has 4 nitrogen and oxygen atoms in total. The van der Waals surface area contributed by atoms with Gasteiger partial charge in [-0.1, -0.05) is 0 Å². The standard InChI is InChI=1S/C10H20N2O2S/c1-10(2,3)14-9(13)12-4-5-15-7-8(11)6-12/h8H,4-7,11H2,1-3H3. The lowest BCUT2D eigenvalue weighted by Crippen LogP contribution is -2.43. The second kappa shape index (κ2) is 5.07. The van der Waals surface area contributed by atoms with Crippen molar-refractivity contribution in [2.45, 2.75) is 32.4 Å². The van der Waals surface area contributed by atoms with E-state index in [1.54, 1.807) is 16.7 Å². The Kier molecular flexibility index (Phi) is 4.28. The predicted molar refractivity (Wildman–Crippen MR) is 63.1 cm³/mol. The molecule has 1 aliphatic heterocycles. The topological polar surface area (TPSA) is 55.6 Å². The highest BCUT2D eigenvalue weighted by atomic mass is 32.2. The average molecular weight is 232 g/mol. The van der Waals surface area contributed by atoms with Gasteiger partial charge in [-0.15, -0.1) is 0 Å². The summed E-state index contributed by atoms with van der Waals surface area (Å²) in [5, 5.41) is 0. The second-order valence-electron chi connectivity index (χ2n) is 4.76. The Morgan fingerprint density at radius 2 is 2.20 bits per heavy atom.